The van der Waals surface area contributed by atoms with Crippen LogP contribution >= 0.6 is 0 Å². The van der Waals surface area contributed by atoms with Gasteiger partial charge in [0.2, 0.25) is 0 Å². The number of anilines is 1. The van der Waals surface area contributed by atoms with Gasteiger partial charge in [-0.15, -0.1) is 0 Å². The lowest BCUT2D eigenvalue weighted by atomic mass is 10.1. The zero-order chi connectivity index (χ0) is 21.2. The molecule has 3 aromatic heterocycles. The summed E-state index contributed by atoms with van der Waals surface area (Å²) in [7, 11) is 0. The predicted molar refractivity (Wildman–Crippen MR) is 118 cm³/mol. The van der Waals surface area contributed by atoms with E-state index in [2.05, 4.69) is 20.3 Å². The second-order valence-corrected chi connectivity index (χ2v) is 7.15. The summed E-state index contributed by atoms with van der Waals surface area (Å²) in [4.78, 5) is 26.1. The Balaban J connectivity index is 1.35. The maximum absolute atomic E-state index is 12.9. The molecule has 152 valence electrons. The van der Waals surface area contributed by atoms with Crippen molar-refractivity contribution in [3.05, 3.63) is 96.2 Å². The third-order valence-electron chi connectivity index (χ3n) is 4.96. The first-order valence-electron chi connectivity index (χ1n) is 9.84. The van der Waals surface area contributed by atoms with E-state index >= 15 is 0 Å². The number of amides is 1. The van der Waals surface area contributed by atoms with E-state index < -0.39 is 0 Å². The molecule has 0 aliphatic heterocycles. The molecule has 0 fully saturated rings. The summed E-state index contributed by atoms with van der Waals surface area (Å²) in [5.41, 5.74) is 5.35. The lowest BCUT2D eigenvalue weighted by Crippen LogP contribution is -2.13. The number of rotatable bonds is 5. The fourth-order valence-electron chi connectivity index (χ4n) is 3.45. The molecule has 0 aliphatic rings. The van der Waals surface area contributed by atoms with Crippen LogP contribution in [0.25, 0.3) is 16.7 Å². The summed E-state index contributed by atoms with van der Waals surface area (Å²) in [6.07, 6.45) is 7.14. The van der Waals surface area contributed by atoms with Gasteiger partial charge in [0.1, 0.15) is 18.0 Å². The van der Waals surface area contributed by atoms with Crippen molar-refractivity contribution in [1.29, 1.82) is 0 Å². The minimum atomic E-state index is -0.260. The first-order chi connectivity index (χ1) is 15.2. The molecule has 31 heavy (non-hydrogen) atoms. The highest BCUT2D eigenvalue weighted by molar-refractivity contribution is 6.06. The number of aryl methyl sites for hydroxylation is 1. The van der Waals surface area contributed by atoms with E-state index in [-0.39, 0.29) is 12.5 Å². The lowest BCUT2D eigenvalue weighted by molar-refractivity contribution is 0.102. The topological polar surface area (TPSA) is 81.4 Å². The zero-order valence-corrected chi connectivity index (χ0v) is 16.8. The number of fused-ring (bicyclic) bond motifs is 2. The van der Waals surface area contributed by atoms with Gasteiger partial charge in [0.25, 0.3) is 5.91 Å². The number of ether oxygens (including phenoxy) is 1. The van der Waals surface area contributed by atoms with Gasteiger partial charge >= 0.3 is 0 Å². The molecular formula is C24H19N5O2. The van der Waals surface area contributed by atoms with Crippen molar-refractivity contribution in [3.8, 4) is 5.75 Å². The third-order valence-corrected chi connectivity index (χ3v) is 4.96. The van der Waals surface area contributed by atoms with E-state index in [4.69, 9.17) is 4.74 Å². The standard InChI is InChI=1S/C24H19N5O2/c1-16-5-4-12-29-14-18(27-23(16)29)15-31-22-7-3-2-6-19(22)24(30)28-17-8-9-20-21(13-17)26-11-10-25-20/h2-14H,15H2,1H3,(H,28,30). The Bertz CT molecular complexity index is 1410. The third kappa shape index (κ3) is 3.81. The van der Waals surface area contributed by atoms with Gasteiger partial charge in [0.15, 0.2) is 0 Å². The van der Waals surface area contributed by atoms with Gasteiger partial charge in [-0.3, -0.25) is 14.8 Å². The first-order valence-corrected chi connectivity index (χ1v) is 9.84. The van der Waals surface area contributed by atoms with Crippen molar-refractivity contribution in [2.75, 3.05) is 5.32 Å². The van der Waals surface area contributed by atoms with Crippen molar-refractivity contribution in [2.24, 2.45) is 0 Å². The maximum Gasteiger partial charge on any atom is 0.259 e. The molecule has 7 nitrogen and oxygen atoms in total. The highest BCUT2D eigenvalue weighted by Crippen LogP contribution is 2.22. The Morgan fingerprint density at radius 3 is 2.74 bits per heavy atom. The van der Waals surface area contributed by atoms with E-state index in [1.54, 1.807) is 36.7 Å². The van der Waals surface area contributed by atoms with Crippen LogP contribution in [0.1, 0.15) is 21.6 Å². The molecule has 0 unspecified atom stereocenters. The smallest absolute Gasteiger partial charge is 0.259 e. The Hall–Kier alpha value is -4.26. The number of aromatic nitrogens is 4. The summed E-state index contributed by atoms with van der Waals surface area (Å²) < 4.78 is 7.93. The fraction of sp³-hybridized carbons (Fsp3) is 0.0833. The lowest BCUT2D eigenvalue weighted by Gasteiger charge is -2.11. The van der Waals surface area contributed by atoms with Crippen LogP contribution in [0.3, 0.4) is 0 Å². The Kier molecular flexibility index (Phi) is 4.76. The van der Waals surface area contributed by atoms with Gasteiger partial charge in [0, 0.05) is 30.5 Å². The van der Waals surface area contributed by atoms with Gasteiger partial charge in [-0.2, -0.15) is 0 Å². The summed E-state index contributed by atoms with van der Waals surface area (Å²) >= 11 is 0. The summed E-state index contributed by atoms with van der Waals surface area (Å²) in [6.45, 7) is 2.28. The summed E-state index contributed by atoms with van der Waals surface area (Å²) in [6, 6.07) is 16.6. The quantitative estimate of drug-likeness (QED) is 0.465. The van der Waals surface area contributed by atoms with Crippen molar-refractivity contribution in [1.82, 2.24) is 19.4 Å². The van der Waals surface area contributed by atoms with Crippen molar-refractivity contribution < 1.29 is 9.53 Å². The van der Waals surface area contributed by atoms with E-state index in [0.29, 0.717) is 22.5 Å². The fourth-order valence-corrected chi connectivity index (χ4v) is 3.45. The highest BCUT2D eigenvalue weighted by atomic mass is 16.5. The Morgan fingerprint density at radius 1 is 1.03 bits per heavy atom. The molecule has 5 aromatic rings. The minimum absolute atomic E-state index is 0.260. The van der Waals surface area contributed by atoms with Crippen LogP contribution in [-0.4, -0.2) is 25.3 Å². The monoisotopic (exact) mass is 409 g/mol. The largest absolute Gasteiger partial charge is 0.486 e. The van der Waals surface area contributed by atoms with Crippen LogP contribution in [-0.2, 0) is 6.61 Å². The predicted octanol–water partition coefficient (Wildman–Crippen LogP) is 4.42. The van der Waals surface area contributed by atoms with E-state index in [1.165, 1.54) is 0 Å². The number of benzene rings is 2. The molecule has 0 saturated carbocycles. The van der Waals surface area contributed by atoms with Gasteiger partial charge in [-0.1, -0.05) is 18.2 Å². The van der Waals surface area contributed by atoms with Crippen LogP contribution in [0.2, 0.25) is 0 Å². The number of nitrogens with one attached hydrogen (secondary N) is 1. The second-order valence-electron chi connectivity index (χ2n) is 7.15. The van der Waals surface area contributed by atoms with Crippen molar-refractivity contribution in [2.45, 2.75) is 13.5 Å². The average molecular weight is 409 g/mol. The first kappa shape index (κ1) is 18.7. The highest BCUT2D eigenvalue weighted by Gasteiger charge is 2.14. The van der Waals surface area contributed by atoms with E-state index in [1.807, 2.05) is 54.0 Å². The Morgan fingerprint density at radius 2 is 1.87 bits per heavy atom. The molecule has 0 spiro atoms. The number of hydrogen-bond acceptors (Lipinski definition) is 5. The van der Waals surface area contributed by atoms with Crippen LogP contribution in [0.15, 0.2) is 79.4 Å². The van der Waals surface area contributed by atoms with Crippen molar-refractivity contribution >= 4 is 28.3 Å². The molecule has 0 aliphatic carbocycles. The molecule has 0 radical (unpaired) electrons. The second kappa shape index (κ2) is 7.87. The van der Waals surface area contributed by atoms with Gasteiger partial charge in [-0.25, -0.2) is 4.98 Å². The van der Waals surface area contributed by atoms with E-state index in [0.717, 1.165) is 22.4 Å². The molecule has 0 saturated heterocycles. The molecule has 3 heterocycles. The maximum atomic E-state index is 12.9. The van der Waals surface area contributed by atoms with E-state index in [9.17, 15) is 4.79 Å². The summed E-state index contributed by atoms with van der Waals surface area (Å²) in [5, 5.41) is 2.91. The molecule has 2 aromatic carbocycles. The SMILES string of the molecule is Cc1cccn2cc(COc3ccccc3C(=O)Nc3ccc4nccnc4c3)nc12. The molecule has 0 bridgehead atoms. The molecule has 5 rings (SSSR count). The number of pyridine rings is 1. The van der Waals surface area contributed by atoms with Gasteiger partial charge in [-0.05, 0) is 48.9 Å². The zero-order valence-electron chi connectivity index (χ0n) is 16.8. The molecule has 1 N–H and O–H groups in total. The average Bonchev–Trinajstić information content (AvgIpc) is 3.22. The number of hydrogen-bond donors (Lipinski definition) is 1. The number of carbonyl (C=O) groups is 1. The summed E-state index contributed by atoms with van der Waals surface area (Å²) in [5.74, 6) is 0.235. The number of para-hydroxylation sites is 1. The molecule has 0 atom stereocenters. The number of imidazole rings is 1. The molecular weight excluding hydrogens is 390 g/mol. The van der Waals surface area contributed by atoms with Crippen LogP contribution in [0, 0.1) is 6.92 Å². The molecule has 1 amide bonds. The number of carbonyl (C=O) groups excluding carboxylic acids is 1. The van der Waals surface area contributed by atoms with Crippen LogP contribution < -0.4 is 10.1 Å². The van der Waals surface area contributed by atoms with Gasteiger partial charge < -0.3 is 14.5 Å². The Labute approximate surface area is 178 Å². The number of nitrogens with zero attached hydrogens (tertiary/aromatic N) is 4. The van der Waals surface area contributed by atoms with Crippen molar-refractivity contribution in [3.63, 3.8) is 0 Å². The van der Waals surface area contributed by atoms with Gasteiger partial charge in [0.05, 0.1) is 22.3 Å². The minimum Gasteiger partial charge on any atom is -0.486 e. The molecule has 7 heteroatoms. The van der Waals surface area contributed by atoms with Crippen LogP contribution in [0.4, 0.5) is 5.69 Å². The normalized spacial score (nSPS) is 11.0. The van der Waals surface area contributed by atoms with Crippen LogP contribution in [0.5, 0.6) is 5.75 Å².